The fraction of sp³-hybridized carbons (Fsp3) is 0.176. The van der Waals surface area contributed by atoms with E-state index in [0.717, 1.165) is 0 Å². The normalized spacial score (nSPS) is 22.5. The van der Waals surface area contributed by atoms with Crippen LogP contribution in [0.15, 0.2) is 60.7 Å². The van der Waals surface area contributed by atoms with Crippen LogP contribution in [0.3, 0.4) is 0 Å². The van der Waals surface area contributed by atoms with Crippen LogP contribution in [0.2, 0.25) is 0 Å². The number of benzene rings is 2. The van der Waals surface area contributed by atoms with Gasteiger partial charge in [0, 0.05) is 29.2 Å². The Kier molecular flexibility index (Phi) is 3.01. The van der Waals surface area contributed by atoms with E-state index in [4.69, 9.17) is 0 Å². The molecule has 0 saturated heterocycles. The molecule has 0 aromatic heterocycles. The van der Waals surface area contributed by atoms with Gasteiger partial charge in [-0.3, -0.25) is 0 Å². The average molecular weight is 280 g/mol. The van der Waals surface area contributed by atoms with Crippen molar-refractivity contribution in [1.82, 2.24) is 0 Å². The number of aliphatic carboxylic acids is 2. The summed E-state index contributed by atoms with van der Waals surface area (Å²) in [5.74, 6) is -4.96. The summed E-state index contributed by atoms with van der Waals surface area (Å²) in [6, 6.07) is 17.6. The molecule has 0 aliphatic heterocycles. The summed E-state index contributed by atoms with van der Waals surface area (Å²) in [4.78, 5) is 22.9. The summed E-state index contributed by atoms with van der Waals surface area (Å²) >= 11 is 0. The van der Waals surface area contributed by atoms with Gasteiger partial charge in [0.25, 0.3) is 0 Å². The number of carboxylic acids is 2. The van der Waals surface area contributed by atoms with Crippen molar-refractivity contribution in [1.29, 1.82) is 0 Å². The largest absolute Gasteiger partial charge is 0.550 e. The lowest BCUT2D eigenvalue weighted by atomic mass is 9.84. The molecule has 0 N–H and O–H groups in total. The van der Waals surface area contributed by atoms with Crippen molar-refractivity contribution >= 4 is 11.9 Å². The molecule has 106 valence electrons. The van der Waals surface area contributed by atoms with E-state index in [-0.39, 0.29) is 0 Å². The van der Waals surface area contributed by atoms with Crippen LogP contribution in [0.5, 0.6) is 0 Å². The van der Waals surface area contributed by atoms with Crippen LogP contribution < -0.4 is 10.2 Å². The Hall–Kier alpha value is -2.62. The highest BCUT2D eigenvalue weighted by atomic mass is 16.4. The summed E-state index contributed by atoms with van der Waals surface area (Å²) in [5.41, 5.74) is 0.194. The van der Waals surface area contributed by atoms with Gasteiger partial charge < -0.3 is 19.8 Å². The molecule has 2 aromatic carbocycles. The molecule has 2 aromatic rings. The van der Waals surface area contributed by atoms with Crippen LogP contribution in [-0.2, 0) is 15.0 Å². The molecule has 1 saturated carbocycles. The Labute approximate surface area is 121 Å². The third-order valence-corrected chi connectivity index (χ3v) is 4.22. The molecule has 21 heavy (non-hydrogen) atoms. The van der Waals surface area contributed by atoms with E-state index in [1.807, 2.05) is 0 Å². The monoisotopic (exact) mass is 280 g/mol. The highest BCUT2D eigenvalue weighted by molar-refractivity contribution is 5.91. The number of hydrogen-bond donors (Lipinski definition) is 0. The van der Waals surface area contributed by atoms with Crippen molar-refractivity contribution in [2.45, 2.75) is 5.41 Å². The lowest BCUT2D eigenvalue weighted by Gasteiger charge is -2.20. The van der Waals surface area contributed by atoms with E-state index in [9.17, 15) is 19.8 Å². The molecule has 3 rings (SSSR count). The zero-order valence-corrected chi connectivity index (χ0v) is 11.1. The van der Waals surface area contributed by atoms with Gasteiger partial charge in [0.05, 0.1) is 0 Å². The van der Waals surface area contributed by atoms with E-state index in [2.05, 4.69) is 0 Å². The van der Waals surface area contributed by atoms with Gasteiger partial charge in [0.15, 0.2) is 0 Å². The minimum atomic E-state index is -1.36. The minimum Gasteiger partial charge on any atom is -0.550 e. The SMILES string of the molecule is O=C([O-])[C@@H]1[C@@H](C(=O)[O-])C1(c1ccccc1)c1ccccc1. The van der Waals surface area contributed by atoms with E-state index in [1.54, 1.807) is 60.7 Å². The highest BCUT2D eigenvalue weighted by Gasteiger charge is 2.67. The van der Waals surface area contributed by atoms with E-state index in [0.29, 0.717) is 11.1 Å². The summed E-state index contributed by atoms with van der Waals surface area (Å²) in [5, 5.41) is 22.9. The number of carboxylic acid groups (broad SMARTS) is 2. The third kappa shape index (κ3) is 1.83. The number of carbonyl (C=O) groups is 2. The van der Waals surface area contributed by atoms with Crippen molar-refractivity contribution in [3.05, 3.63) is 71.8 Å². The number of rotatable bonds is 4. The summed E-state index contributed by atoms with van der Waals surface area (Å²) in [6.07, 6.45) is 0. The summed E-state index contributed by atoms with van der Waals surface area (Å²) in [6.45, 7) is 0. The molecule has 0 bridgehead atoms. The fourth-order valence-electron chi connectivity index (χ4n) is 3.34. The maximum Gasteiger partial charge on any atom is 0.0464 e. The Balaban J connectivity index is 2.23. The van der Waals surface area contributed by atoms with Gasteiger partial charge in [-0.15, -0.1) is 0 Å². The second-order valence-corrected chi connectivity index (χ2v) is 5.19. The molecular formula is C17H12O4-2. The average Bonchev–Trinajstić information content (AvgIpc) is 3.21. The maximum atomic E-state index is 11.4. The maximum absolute atomic E-state index is 11.4. The van der Waals surface area contributed by atoms with Crippen molar-refractivity contribution in [2.75, 3.05) is 0 Å². The van der Waals surface area contributed by atoms with Gasteiger partial charge in [-0.1, -0.05) is 60.7 Å². The molecule has 4 nitrogen and oxygen atoms in total. The smallest absolute Gasteiger partial charge is 0.0464 e. The summed E-state index contributed by atoms with van der Waals surface area (Å²) < 4.78 is 0. The fourth-order valence-corrected chi connectivity index (χ4v) is 3.34. The van der Waals surface area contributed by atoms with Crippen molar-refractivity contribution < 1.29 is 19.8 Å². The van der Waals surface area contributed by atoms with Gasteiger partial charge in [0.2, 0.25) is 0 Å². The van der Waals surface area contributed by atoms with Crippen LogP contribution in [0.25, 0.3) is 0 Å². The van der Waals surface area contributed by atoms with Crippen LogP contribution >= 0.6 is 0 Å². The lowest BCUT2D eigenvalue weighted by molar-refractivity contribution is -0.316. The Morgan fingerprint density at radius 3 is 1.33 bits per heavy atom. The first-order chi connectivity index (χ1) is 10.1. The highest BCUT2D eigenvalue weighted by Crippen LogP contribution is 2.63. The second-order valence-electron chi connectivity index (χ2n) is 5.19. The van der Waals surface area contributed by atoms with Crippen LogP contribution in [-0.4, -0.2) is 11.9 Å². The molecule has 0 spiro atoms. The van der Waals surface area contributed by atoms with Gasteiger partial charge in [-0.05, 0) is 11.1 Å². The molecule has 0 unspecified atom stereocenters. The van der Waals surface area contributed by atoms with Gasteiger partial charge in [-0.25, -0.2) is 0 Å². The molecule has 1 aliphatic carbocycles. The minimum absolute atomic E-state index is 0.652. The Bertz CT molecular complexity index is 617. The zero-order valence-electron chi connectivity index (χ0n) is 11.1. The van der Waals surface area contributed by atoms with Gasteiger partial charge in [-0.2, -0.15) is 0 Å². The first-order valence-electron chi connectivity index (χ1n) is 6.63. The Morgan fingerprint density at radius 1 is 0.714 bits per heavy atom. The Morgan fingerprint density at radius 2 is 1.05 bits per heavy atom. The zero-order chi connectivity index (χ0) is 15.0. The van der Waals surface area contributed by atoms with Crippen molar-refractivity contribution in [2.24, 2.45) is 11.8 Å². The molecule has 0 radical (unpaired) electrons. The molecule has 0 amide bonds. The van der Waals surface area contributed by atoms with Gasteiger partial charge in [0.1, 0.15) is 0 Å². The van der Waals surface area contributed by atoms with Gasteiger partial charge >= 0.3 is 0 Å². The quantitative estimate of drug-likeness (QED) is 0.771. The van der Waals surface area contributed by atoms with E-state index >= 15 is 0 Å². The topological polar surface area (TPSA) is 80.3 Å². The van der Waals surface area contributed by atoms with Crippen molar-refractivity contribution in [3.8, 4) is 0 Å². The predicted molar refractivity (Wildman–Crippen MR) is 70.7 cm³/mol. The first kappa shape index (κ1) is 13.4. The summed E-state index contributed by atoms with van der Waals surface area (Å²) in [7, 11) is 0. The molecular weight excluding hydrogens is 268 g/mol. The number of hydrogen-bond acceptors (Lipinski definition) is 4. The van der Waals surface area contributed by atoms with Crippen LogP contribution in [0.4, 0.5) is 0 Å². The second kappa shape index (κ2) is 4.74. The predicted octanol–water partition coefficient (Wildman–Crippen LogP) is -0.281. The molecule has 1 fully saturated rings. The number of carbonyl (C=O) groups excluding carboxylic acids is 2. The third-order valence-electron chi connectivity index (χ3n) is 4.22. The molecule has 0 heterocycles. The van der Waals surface area contributed by atoms with E-state index < -0.39 is 29.2 Å². The van der Waals surface area contributed by atoms with E-state index in [1.165, 1.54) is 0 Å². The molecule has 1 aliphatic rings. The molecule has 4 heteroatoms. The van der Waals surface area contributed by atoms with Crippen molar-refractivity contribution in [3.63, 3.8) is 0 Å². The first-order valence-corrected chi connectivity index (χ1v) is 6.63. The van der Waals surface area contributed by atoms with Crippen LogP contribution in [0.1, 0.15) is 11.1 Å². The standard InChI is InChI=1S/C17H14O4/c18-15(19)13-14(16(20)21)17(13,11-7-3-1-4-8-11)12-9-5-2-6-10-12/h1-10,13-14H,(H,18,19)(H,20,21)/p-2/t13-,14-/m0/s1. The molecule has 2 atom stereocenters. The lowest BCUT2D eigenvalue weighted by Crippen LogP contribution is -2.30. The van der Waals surface area contributed by atoms with Crippen LogP contribution in [0, 0.1) is 11.8 Å².